The fraction of sp³-hybridized carbons (Fsp3) is 0.160. The molecule has 6 heteroatoms. The number of Topliss-reactive ketones (excluding diaryl/α,β-unsaturated/α-hetero) is 2. The van der Waals surface area contributed by atoms with Crippen molar-refractivity contribution >= 4 is 34.1 Å². The van der Waals surface area contributed by atoms with Crippen LogP contribution in [-0.4, -0.2) is 21.3 Å². The summed E-state index contributed by atoms with van der Waals surface area (Å²) in [5.74, 6) is 0.0198. The van der Waals surface area contributed by atoms with E-state index in [9.17, 15) is 14.0 Å². The van der Waals surface area contributed by atoms with Gasteiger partial charge < -0.3 is 0 Å². The monoisotopic (exact) mass is 432 g/mol. The van der Waals surface area contributed by atoms with Crippen LogP contribution in [0.4, 0.5) is 4.39 Å². The highest BCUT2D eigenvalue weighted by molar-refractivity contribution is 6.33. The van der Waals surface area contributed by atoms with E-state index in [1.54, 1.807) is 28.9 Å². The van der Waals surface area contributed by atoms with Crippen LogP contribution in [0.1, 0.15) is 29.6 Å². The average molecular weight is 433 g/mol. The van der Waals surface area contributed by atoms with Crippen LogP contribution in [0.5, 0.6) is 0 Å². The Balaban J connectivity index is 1.64. The molecule has 4 aromatic rings. The number of benzene rings is 3. The Labute approximate surface area is 183 Å². The van der Waals surface area contributed by atoms with Crippen LogP contribution in [0.15, 0.2) is 66.7 Å². The van der Waals surface area contributed by atoms with E-state index < -0.39 is 0 Å². The van der Waals surface area contributed by atoms with E-state index in [2.05, 4.69) is 0 Å². The molecule has 0 saturated heterocycles. The van der Waals surface area contributed by atoms with Crippen LogP contribution in [-0.2, 0) is 4.79 Å². The van der Waals surface area contributed by atoms with Gasteiger partial charge in [-0.3, -0.25) is 9.59 Å². The molecule has 1 aromatic heterocycles. The third kappa shape index (κ3) is 3.66. The third-order valence-corrected chi connectivity index (χ3v) is 6.04. The van der Waals surface area contributed by atoms with Crippen LogP contribution in [0, 0.1) is 11.7 Å². The Bertz CT molecular complexity index is 1320. The fourth-order valence-electron chi connectivity index (χ4n) is 4.03. The molecule has 3 aromatic carbocycles. The summed E-state index contributed by atoms with van der Waals surface area (Å²) in [6.45, 7) is 0. The molecule has 0 N–H and O–H groups in total. The first-order chi connectivity index (χ1) is 15.0. The van der Waals surface area contributed by atoms with Crippen molar-refractivity contribution in [3.8, 4) is 16.9 Å². The van der Waals surface area contributed by atoms with E-state index in [0.29, 0.717) is 41.2 Å². The summed E-state index contributed by atoms with van der Waals surface area (Å²) in [6, 6.07) is 19.0. The maximum Gasteiger partial charge on any atom is 0.163 e. The van der Waals surface area contributed by atoms with Gasteiger partial charge in [-0.15, -0.1) is 0 Å². The van der Waals surface area contributed by atoms with Gasteiger partial charge in [0.15, 0.2) is 5.78 Å². The summed E-state index contributed by atoms with van der Waals surface area (Å²) in [5, 5.41) is 6.19. The Morgan fingerprint density at radius 1 is 1.06 bits per heavy atom. The van der Waals surface area contributed by atoms with E-state index in [-0.39, 0.29) is 23.3 Å². The first-order valence-corrected chi connectivity index (χ1v) is 10.5. The zero-order valence-electron chi connectivity index (χ0n) is 16.5. The second-order valence-corrected chi connectivity index (χ2v) is 8.30. The van der Waals surface area contributed by atoms with Crippen LogP contribution in [0.25, 0.3) is 27.8 Å². The summed E-state index contributed by atoms with van der Waals surface area (Å²) in [6.07, 6.45) is 1.33. The van der Waals surface area contributed by atoms with Gasteiger partial charge in [0.1, 0.15) is 17.3 Å². The second kappa shape index (κ2) is 7.75. The molecule has 0 radical (unpaired) electrons. The average Bonchev–Trinajstić information content (AvgIpc) is 3.12. The number of carbonyl (C=O) groups is 2. The SMILES string of the molecule is O=C1CC(CC(=O)c2ccc3c(-c4ccccc4Cl)nn(-c4ccc(F)cc4)c3c2)C1. The summed E-state index contributed by atoms with van der Waals surface area (Å²) in [4.78, 5) is 24.0. The highest BCUT2D eigenvalue weighted by Crippen LogP contribution is 2.35. The van der Waals surface area contributed by atoms with Crippen molar-refractivity contribution in [1.82, 2.24) is 9.78 Å². The summed E-state index contributed by atoms with van der Waals surface area (Å²) < 4.78 is 15.2. The number of carbonyl (C=O) groups excluding carboxylic acids is 2. The number of halogens is 2. The zero-order chi connectivity index (χ0) is 21.5. The van der Waals surface area contributed by atoms with Gasteiger partial charge in [-0.1, -0.05) is 35.9 Å². The van der Waals surface area contributed by atoms with Crippen molar-refractivity contribution in [2.24, 2.45) is 5.92 Å². The quantitative estimate of drug-likeness (QED) is 0.361. The lowest BCUT2D eigenvalue weighted by Gasteiger charge is -2.22. The standard InChI is InChI=1S/C25H18ClFN2O2/c26-22-4-2-1-3-20(22)25-21-10-5-16(24(31)13-15-11-19(30)12-15)14-23(21)29(28-25)18-8-6-17(27)7-9-18/h1-10,14-15H,11-13H2. The lowest BCUT2D eigenvalue weighted by atomic mass is 9.80. The van der Waals surface area contributed by atoms with Crippen molar-refractivity contribution < 1.29 is 14.0 Å². The molecule has 0 amide bonds. The molecule has 5 rings (SSSR count). The van der Waals surface area contributed by atoms with Gasteiger partial charge in [0.05, 0.1) is 16.2 Å². The molecule has 0 spiro atoms. The van der Waals surface area contributed by atoms with Crippen LogP contribution in [0.2, 0.25) is 5.02 Å². The predicted octanol–water partition coefficient (Wildman–Crippen LogP) is 6.04. The molecular formula is C25H18ClFN2O2. The first-order valence-electron chi connectivity index (χ1n) is 10.1. The number of aromatic nitrogens is 2. The van der Waals surface area contributed by atoms with Crippen molar-refractivity contribution in [3.05, 3.63) is 83.1 Å². The van der Waals surface area contributed by atoms with Gasteiger partial charge in [-0.25, -0.2) is 9.07 Å². The molecule has 0 atom stereocenters. The van der Waals surface area contributed by atoms with Crippen molar-refractivity contribution in [2.45, 2.75) is 19.3 Å². The van der Waals surface area contributed by atoms with E-state index in [1.807, 2.05) is 30.3 Å². The van der Waals surface area contributed by atoms with E-state index >= 15 is 0 Å². The summed E-state index contributed by atoms with van der Waals surface area (Å²) in [7, 11) is 0. The molecule has 1 heterocycles. The molecule has 4 nitrogen and oxygen atoms in total. The maximum atomic E-state index is 13.5. The normalized spacial score (nSPS) is 14.1. The molecule has 1 saturated carbocycles. The summed E-state index contributed by atoms with van der Waals surface area (Å²) >= 11 is 6.43. The van der Waals surface area contributed by atoms with Crippen LogP contribution in [0.3, 0.4) is 0 Å². The third-order valence-electron chi connectivity index (χ3n) is 5.71. The van der Waals surface area contributed by atoms with Gasteiger partial charge in [-0.2, -0.15) is 5.10 Å². The molecule has 1 aliphatic rings. The van der Waals surface area contributed by atoms with Gasteiger partial charge >= 0.3 is 0 Å². The van der Waals surface area contributed by atoms with Gasteiger partial charge in [0, 0.05) is 35.8 Å². The molecule has 0 bridgehead atoms. The molecule has 0 aliphatic heterocycles. The number of hydrogen-bond donors (Lipinski definition) is 0. The number of ketones is 2. The highest BCUT2D eigenvalue weighted by atomic mass is 35.5. The maximum absolute atomic E-state index is 13.5. The lowest BCUT2D eigenvalue weighted by Crippen LogP contribution is -2.25. The van der Waals surface area contributed by atoms with E-state index in [1.165, 1.54) is 12.1 Å². The minimum absolute atomic E-state index is 0.00514. The zero-order valence-corrected chi connectivity index (χ0v) is 17.3. The van der Waals surface area contributed by atoms with E-state index in [4.69, 9.17) is 16.7 Å². The van der Waals surface area contributed by atoms with Gasteiger partial charge in [0.25, 0.3) is 0 Å². The number of fused-ring (bicyclic) bond motifs is 1. The fourth-order valence-corrected chi connectivity index (χ4v) is 4.25. The van der Waals surface area contributed by atoms with Crippen LogP contribution >= 0.6 is 11.6 Å². The van der Waals surface area contributed by atoms with Gasteiger partial charge in [-0.05, 0) is 48.4 Å². The number of hydrogen-bond acceptors (Lipinski definition) is 3. The van der Waals surface area contributed by atoms with Crippen LogP contribution < -0.4 is 0 Å². The minimum Gasteiger partial charge on any atom is -0.300 e. The molecule has 1 fully saturated rings. The van der Waals surface area contributed by atoms with Crippen molar-refractivity contribution in [1.29, 1.82) is 0 Å². The second-order valence-electron chi connectivity index (χ2n) is 7.89. The Hall–Kier alpha value is -3.31. The molecule has 154 valence electrons. The van der Waals surface area contributed by atoms with Crippen molar-refractivity contribution in [2.75, 3.05) is 0 Å². The Morgan fingerprint density at radius 3 is 2.52 bits per heavy atom. The first kappa shape index (κ1) is 19.6. The Kier molecular flexibility index (Phi) is 4.91. The minimum atomic E-state index is -0.336. The molecular weight excluding hydrogens is 415 g/mol. The van der Waals surface area contributed by atoms with E-state index in [0.717, 1.165) is 16.5 Å². The lowest BCUT2D eigenvalue weighted by molar-refractivity contribution is -0.126. The smallest absolute Gasteiger partial charge is 0.163 e. The van der Waals surface area contributed by atoms with Crippen molar-refractivity contribution in [3.63, 3.8) is 0 Å². The summed E-state index contributed by atoms with van der Waals surface area (Å²) in [5.41, 5.74) is 3.45. The topological polar surface area (TPSA) is 52.0 Å². The van der Waals surface area contributed by atoms with Gasteiger partial charge in [0.2, 0.25) is 0 Å². The predicted molar refractivity (Wildman–Crippen MR) is 118 cm³/mol. The largest absolute Gasteiger partial charge is 0.300 e. The number of rotatable bonds is 5. The molecule has 31 heavy (non-hydrogen) atoms. The highest BCUT2D eigenvalue weighted by Gasteiger charge is 2.29. The molecule has 1 aliphatic carbocycles. The number of nitrogens with zero attached hydrogens (tertiary/aromatic N) is 2. The molecule has 0 unspecified atom stereocenters. The Morgan fingerprint density at radius 2 is 1.81 bits per heavy atom.